The number of anilines is 1. The number of hydrogen-bond donors (Lipinski definition) is 2. The van der Waals surface area contributed by atoms with Gasteiger partial charge in [0.25, 0.3) is 0 Å². The second kappa shape index (κ2) is 8.07. The molecule has 1 aromatic heterocycles. The molecule has 28 heavy (non-hydrogen) atoms. The number of phenolic OH excluding ortho intramolecular Hbond substituents is 1. The first-order valence-electron chi connectivity index (χ1n) is 9.13. The molecule has 146 valence electrons. The SMILES string of the molecule is CC(C)C(=O)N[C@H](c1ccc(N(C)C)cc1)c1cc(Cl)c2cccnc2c1O. The van der Waals surface area contributed by atoms with E-state index in [1.54, 1.807) is 18.3 Å². The minimum absolute atomic E-state index is 0.0192. The molecular weight excluding hydrogens is 374 g/mol. The van der Waals surface area contributed by atoms with E-state index in [1.165, 1.54) is 0 Å². The Balaban J connectivity index is 2.15. The summed E-state index contributed by atoms with van der Waals surface area (Å²) in [4.78, 5) is 18.8. The smallest absolute Gasteiger partial charge is 0.223 e. The molecule has 0 aliphatic carbocycles. The molecule has 0 aliphatic heterocycles. The van der Waals surface area contributed by atoms with Gasteiger partial charge in [0.05, 0.1) is 11.1 Å². The van der Waals surface area contributed by atoms with Crippen molar-refractivity contribution in [2.75, 3.05) is 19.0 Å². The average molecular weight is 398 g/mol. The molecule has 2 aromatic carbocycles. The fourth-order valence-corrected chi connectivity index (χ4v) is 3.31. The lowest BCUT2D eigenvalue weighted by Gasteiger charge is -2.23. The summed E-state index contributed by atoms with van der Waals surface area (Å²) < 4.78 is 0. The number of phenols is 1. The van der Waals surface area contributed by atoms with Gasteiger partial charge in [-0.25, -0.2) is 0 Å². The fraction of sp³-hybridized carbons (Fsp3) is 0.273. The van der Waals surface area contributed by atoms with Crippen LogP contribution in [0.1, 0.15) is 31.0 Å². The molecule has 0 radical (unpaired) electrons. The third kappa shape index (κ3) is 3.90. The van der Waals surface area contributed by atoms with Crippen LogP contribution in [0, 0.1) is 5.92 Å². The summed E-state index contributed by atoms with van der Waals surface area (Å²) in [5.41, 5.74) is 2.82. The molecule has 0 unspecified atom stereocenters. The highest BCUT2D eigenvalue weighted by atomic mass is 35.5. The summed E-state index contributed by atoms with van der Waals surface area (Å²) in [6.07, 6.45) is 1.61. The molecule has 0 aliphatic rings. The van der Waals surface area contributed by atoms with Crippen LogP contribution in [-0.4, -0.2) is 30.1 Å². The van der Waals surface area contributed by atoms with Crippen molar-refractivity contribution in [3.8, 4) is 5.75 Å². The fourth-order valence-electron chi connectivity index (χ4n) is 3.04. The highest BCUT2D eigenvalue weighted by Crippen LogP contribution is 2.38. The number of halogens is 1. The predicted molar refractivity (Wildman–Crippen MR) is 114 cm³/mol. The number of fused-ring (bicyclic) bond motifs is 1. The van der Waals surface area contributed by atoms with Crippen molar-refractivity contribution in [2.24, 2.45) is 5.92 Å². The quantitative estimate of drug-likeness (QED) is 0.664. The van der Waals surface area contributed by atoms with E-state index >= 15 is 0 Å². The molecule has 0 spiro atoms. The highest BCUT2D eigenvalue weighted by molar-refractivity contribution is 6.35. The number of amides is 1. The molecule has 1 heterocycles. The predicted octanol–water partition coefficient (Wildman–Crippen LogP) is 4.52. The van der Waals surface area contributed by atoms with E-state index < -0.39 is 6.04 Å². The standard InChI is InChI=1S/C22H24ClN3O2/c1-13(2)22(28)25-19(14-7-9-15(10-8-14)26(3)4)17-12-18(23)16-6-5-11-24-20(16)21(17)27/h5-13,19,27H,1-4H3,(H,25,28)/t19-/m1/s1. The number of carbonyl (C=O) groups excluding carboxylic acids is 1. The largest absolute Gasteiger partial charge is 0.505 e. The van der Waals surface area contributed by atoms with Gasteiger partial charge in [0.2, 0.25) is 5.91 Å². The van der Waals surface area contributed by atoms with Gasteiger partial charge in [-0.1, -0.05) is 37.6 Å². The van der Waals surface area contributed by atoms with Gasteiger partial charge in [0.15, 0.2) is 0 Å². The molecule has 6 heteroatoms. The number of nitrogens with one attached hydrogen (secondary N) is 1. The summed E-state index contributed by atoms with van der Waals surface area (Å²) in [6.45, 7) is 3.66. The van der Waals surface area contributed by atoms with Crippen LogP contribution in [0.3, 0.4) is 0 Å². The molecule has 5 nitrogen and oxygen atoms in total. The van der Waals surface area contributed by atoms with Crippen molar-refractivity contribution >= 4 is 34.1 Å². The van der Waals surface area contributed by atoms with Crippen molar-refractivity contribution in [3.63, 3.8) is 0 Å². The van der Waals surface area contributed by atoms with Gasteiger partial charge >= 0.3 is 0 Å². The van der Waals surface area contributed by atoms with E-state index in [-0.39, 0.29) is 17.6 Å². The van der Waals surface area contributed by atoms with Gasteiger partial charge in [-0.05, 0) is 35.9 Å². The van der Waals surface area contributed by atoms with E-state index in [9.17, 15) is 9.90 Å². The minimum atomic E-state index is -0.546. The van der Waals surface area contributed by atoms with Gasteiger partial charge in [-0.2, -0.15) is 0 Å². The molecule has 1 amide bonds. The maximum Gasteiger partial charge on any atom is 0.223 e. The van der Waals surface area contributed by atoms with Gasteiger partial charge in [-0.15, -0.1) is 0 Å². The van der Waals surface area contributed by atoms with Gasteiger partial charge < -0.3 is 15.3 Å². The Morgan fingerprint density at radius 2 is 1.86 bits per heavy atom. The number of pyridine rings is 1. The number of benzene rings is 2. The van der Waals surface area contributed by atoms with E-state index in [4.69, 9.17) is 11.6 Å². The second-order valence-corrected chi connectivity index (χ2v) is 7.69. The van der Waals surface area contributed by atoms with Crippen molar-refractivity contribution in [2.45, 2.75) is 19.9 Å². The maximum absolute atomic E-state index is 12.5. The Morgan fingerprint density at radius 3 is 2.46 bits per heavy atom. The summed E-state index contributed by atoms with van der Waals surface area (Å²) in [5, 5.41) is 15.1. The van der Waals surface area contributed by atoms with Crippen LogP contribution < -0.4 is 10.2 Å². The molecule has 1 atom stereocenters. The first-order valence-corrected chi connectivity index (χ1v) is 9.51. The molecular formula is C22H24ClN3O2. The third-order valence-electron chi connectivity index (χ3n) is 4.71. The van der Waals surface area contributed by atoms with Crippen molar-refractivity contribution < 1.29 is 9.90 Å². The van der Waals surface area contributed by atoms with Crippen LogP contribution in [0.15, 0.2) is 48.7 Å². The number of carbonyl (C=O) groups is 1. The zero-order chi connectivity index (χ0) is 20.4. The van der Waals surface area contributed by atoms with Gasteiger partial charge in [0, 0.05) is 42.8 Å². The first kappa shape index (κ1) is 20.0. The van der Waals surface area contributed by atoms with Crippen LogP contribution in [0.5, 0.6) is 5.75 Å². The summed E-state index contributed by atoms with van der Waals surface area (Å²) in [7, 11) is 3.93. The molecule has 0 bridgehead atoms. The van der Waals surface area contributed by atoms with E-state index in [0.717, 1.165) is 11.3 Å². The minimum Gasteiger partial charge on any atom is -0.505 e. The van der Waals surface area contributed by atoms with Gasteiger partial charge in [-0.3, -0.25) is 9.78 Å². The molecule has 0 saturated heterocycles. The van der Waals surface area contributed by atoms with Crippen LogP contribution in [0.2, 0.25) is 5.02 Å². The normalized spacial score (nSPS) is 12.2. The zero-order valence-electron chi connectivity index (χ0n) is 16.4. The van der Waals surface area contributed by atoms with Crippen molar-refractivity contribution in [1.82, 2.24) is 10.3 Å². The topological polar surface area (TPSA) is 65.5 Å². The Labute approximate surface area is 170 Å². The molecule has 0 fully saturated rings. The van der Waals surface area contributed by atoms with E-state index in [0.29, 0.717) is 21.5 Å². The number of rotatable bonds is 5. The number of nitrogens with zero attached hydrogens (tertiary/aromatic N) is 2. The highest BCUT2D eigenvalue weighted by Gasteiger charge is 2.24. The lowest BCUT2D eigenvalue weighted by atomic mass is 9.95. The molecule has 3 aromatic rings. The lowest BCUT2D eigenvalue weighted by Crippen LogP contribution is -2.32. The first-order chi connectivity index (χ1) is 13.3. The molecule has 0 saturated carbocycles. The average Bonchev–Trinajstić information content (AvgIpc) is 2.69. The Morgan fingerprint density at radius 1 is 1.18 bits per heavy atom. The summed E-state index contributed by atoms with van der Waals surface area (Å²) in [6, 6.07) is 12.6. The van der Waals surface area contributed by atoms with E-state index in [2.05, 4.69) is 10.3 Å². The van der Waals surface area contributed by atoms with Crippen LogP contribution in [-0.2, 0) is 4.79 Å². The Kier molecular flexibility index (Phi) is 5.75. The summed E-state index contributed by atoms with van der Waals surface area (Å²) in [5.74, 6) is -0.288. The third-order valence-corrected chi connectivity index (χ3v) is 5.02. The number of aromatic hydroxyl groups is 1. The Bertz CT molecular complexity index is 1000. The second-order valence-electron chi connectivity index (χ2n) is 7.28. The van der Waals surface area contributed by atoms with Crippen molar-refractivity contribution in [1.29, 1.82) is 0 Å². The van der Waals surface area contributed by atoms with Crippen LogP contribution in [0.25, 0.3) is 10.9 Å². The number of hydrogen-bond acceptors (Lipinski definition) is 4. The monoisotopic (exact) mass is 397 g/mol. The number of aromatic nitrogens is 1. The van der Waals surface area contributed by atoms with Crippen LogP contribution in [0.4, 0.5) is 5.69 Å². The lowest BCUT2D eigenvalue weighted by molar-refractivity contribution is -0.124. The summed E-state index contributed by atoms with van der Waals surface area (Å²) >= 11 is 6.46. The zero-order valence-corrected chi connectivity index (χ0v) is 17.2. The van der Waals surface area contributed by atoms with E-state index in [1.807, 2.05) is 63.2 Å². The van der Waals surface area contributed by atoms with Gasteiger partial charge in [0.1, 0.15) is 11.3 Å². The molecule has 2 N–H and O–H groups in total. The Hall–Kier alpha value is -2.79. The van der Waals surface area contributed by atoms with Crippen molar-refractivity contribution in [3.05, 3.63) is 64.8 Å². The maximum atomic E-state index is 12.5. The molecule has 3 rings (SSSR count). The van der Waals surface area contributed by atoms with Crippen LogP contribution >= 0.6 is 11.6 Å².